The fourth-order valence-electron chi connectivity index (χ4n) is 1.70. The zero-order chi connectivity index (χ0) is 18.4. The molecule has 11 heteroatoms. The predicted octanol–water partition coefficient (Wildman–Crippen LogP) is 1.30. The molecule has 0 aliphatic rings. The Hall–Kier alpha value is -3.63. The van der Waals surface area contributed by atoms with Crippen molar-refractivity contribution in [1.82, 2.24) is 0 Å². The molecular weight excluding hydrogens is 324 g/mol. The van der Waals surface area contributed by atoms with Crippen molar-refractivity contribution in [3.8, 4) is 5.75 Å². The molecule has 0 N–H and O–H groups in total. The van der Waals surface area contributed by atoms with Gasteiger partial charge in [-0.2, -0.15) is 0 Å². The van der Waals surface area contributed by atoms with Crippen LogP contribution < -0.4 is 9.67 Å². The molecule has 0 atom stereocenters. The van der Waals surface area contributed by atoms with Gasteiger partial charge in [0.1, 0.15) is 7.05 Å². The van der Waals surface area contributed by atoms with Gasteiger partial charge in [0.05, 0.1) is 32.7 Å². The molecule has 0 unspecified atom stereocenters. The Balaban J connectivity index is 0.000000300. The van der Waals surface area contributed by atoms with E-state index in [1.807, 2.05) is 23.9 Å². The third kappa shape index (κ3) is 4.69. The second-order valence-electron chi connectivity index (χ2n) is 4.63. The lowest BCUT2D eigenvalue weighted by atomic mass is 10.2. The van der Waals surface area contributed by atoms with E-state index in [0.29, 0.717) is 12.1 Å². The van der Waals surface area contributed by atoms with Crippen molar-refractivity contribution >= 4 is 17.1 Å². The van der Waals surface area contributed by atoms with Gasteiger partial charge in [0.15, 0.2) is 12.4 Å². The van der Waals surface area contributed by atoms with Gasteiger partial charge in [-0.15, -0.1) is 0 Å². The average Bonchev–Trinajstić information content (AvgIpc) is 2.46. The van der Waals surface area contributed by atoms with Crippen LogP contribution >= 0.6 is 0 Å². The lowest BCUT2D eigenvalue weighted by molar-refractivity contribution is -0.671. The minimum absolute atomic E-state index is 0.384. The molecule has 0 saturated heterocycles. The first-order valence-electron chi connectivity index (χ1n) is 6.33. The molecule has 0 radical (unpaired) electrons. The van der Waals surface area contributed by atoms with Gasteiger partial charge < -0.3 is 5.11 Å². The number of nitro groups is 3. The molecule has 1 aromatic carbocycles. The molecule has 0 amide bonds. The number of hydrogen-bond donors (Lipinski definition) is 0. The van der Waals surface area contributed by atoms with Crippen LogP contribution in [0.4, 0.5) is 17.1 Å². The van der Waals surface area contributed by atoms with E-state index in [4.69, 9.17) is 0 Å². The SMILES string of the molecule is Cc1ccc[n+](C)c1.O=[N+]([O-])c1cc([N+](=O)[O-])c([O-])c([N+](=O)[O-])c1. The van der Waals surface area contributed by atoms with Gasteiger partial charge in [-0.3, -0.25) is 30.3 Å². The lowest BCUT2D eigenvalue weighted by Crippen LogP contribution is -2.26. The van der Waals surface area contributed by atoms with E-state index in [1.165, 1.54) is 5.56 Å². The minimum atomic E-state index is -1.46. The van der Waals surface area contributed by atoms with Crippen LogP contribution in [0.15, 0.2) is 36.7 Å². The second-order valence-corrected chi connectivity index (χ2v) is 4.63. The molecular formula is C13H12N4O7. The van der Waals surface area contributed by atoms with Gasteiger partial charge >= 0.3 is 0 Å². The maximum Gasteiger partial charge on any atom is 0.283 e. The van der Waals surface area contributed by atoms with Crippen LogP contribution in [0.1, 0.15) is 5.56 Å². The van der Waals surface area contributed by atoms with Gasteiger partial charge in [0.25, 0.3) is 17.1 Å². The zero-order valence-electron chi connectivity index (χ0n) is 12.6. The number of non-ortho nitro benzene ring substituents is 1. The van der Waals surface area contributed by atoms with Gasteiger partial charge in [-0.25, -0.2) is 4.57 Å². The first kappa shape index (κ1) is 18.4. The first-order chi connectivity index (χ1) is 11.1. The van der Waals surface area contributed by atoms with Crippen LogP contribution in [0.25, 0.3) is 0 Å². The van der Waals surface area contributed by atoms with E-state index in [1.54, 1.807) is 0 Å². The van der Waals surface area contributed by atoms with E-state index in [9.17, 15) is 35.4 Å². The van der Waals surface area contributed by atoms with E-state index in [2.05, 4.69) is 19.2 Å². The third-order valence-electron chi connectivity index (χ3n) is 2.73. The Morgan fingerprint density at radius 3 is 1.75 bits per heavy atom. The van der Waals surface area contributed by atoms with Crippen LogP contribution in [-0.2, 0) is 7.05 Å². The summed E-state index contributed by atoms with van der Waals surface area (Å²) in [5.74, 6) is -1.46. The number of rotatable bonds is 3. The molecule has 2 rings (SSSR count). The van der Waals surface area contributed by atoms with Crippen LogP contribution in [0.5, 0.6) is 5.75 Å². The maximum atomic E-state index is 11.1. The first-order valence-corrected chi connectivity index (χ1v) is 6.33. The second kappa shape index (κ2) is 7.58. The summed E-state index contributed by atoms with van der Waals surface area (Å²) in [5, 5.41) is 42.1. The van der Waals surface area contributed by atoms with Crippen molar-refractivity contribution in [3.05, 3.63) is 72.6 Å². The quantitative estimate of drug-likeness (QED) is 0.464. The summed E-state index contributed by atoms with van der Waals surface area (Å²) in [4.78, 5) is 27.5. The minimum Gasteiger partial charge on any atom is -0.863 e. The monoisotopic (exact) mass is 336 g/mol. The fraction of sp³-hybridized carbons (Fsp3) is 0.154. The molecule has 0 fully saturated rings. The van der Waals surface area contributed by atoms with Crippen molar-refractivity contribution in [3.63, 3.8) is 0 Å². The van der Waals surface area contributed by atoms with Gasteiger partial charge in [0.2, 0.25) is 0 Å². The number of nitro benzene ring substituents is 3. The Kier molecular flexibility index (Phi) is 5.82. The summed E-state index contributed by atoms with van der Waals surface area (Å²) in [7, 11) is 2.02. The number of pyridine rings is 1. The van der Waals surface area contributed by atoms with E-state index < -0.39 is 37.6 Å². The Labute approximate surface area is 134 Å². The number of hydrogen-bond acceptors (Lipinski definition) is 7. The third-order valence-corrected chi connectivity index (χ3v) is 2.73. The number of nitrogens with zero attached hydrogens (tertiary/aromatic N) is 4. The fourth-order valence-corrected chi connectivity index (χ4v) is 1.70. The topological polar surface area (TPSA) is 156 Å². The smallest absolute Gasteiger partial charge is 0.283 e. The van der Waals surface area contributed by atoms with Crippen molar-refractivity contribution in [2.75, 3.05) is 0 Å². The number of benzene rings is 1. The molecule has 0 aliphatic heterocycles. The highest BCUT2D eigenvalue weighted by Gasteiger charge is 2.24. The standard InChI is InChI=1S/C7H10N.C6H3N3O7/c1-7-4-3-5-8(2)6-7;10-6-4(8(13)14)1-3(7(11)12)2-5(6)9(15)16/h3-6H,1-2H3;1-2,10H/q+1;/p-1. The maximum absolute atomic E-state index is 11.1. The van der Waals surface area contributed by atoms with E-state index in [-0.39, 0.29) is 0 Å². The summed E-state index contributed by atoms with van der Waals surface area (Å²) < 4.78 is 2.04. The van der Waals surface area contributed by atoms with E-state index >= 15 is 0 Å². The van der Waals surface area contributed by atoms with Crippen LogP contribution in [-0.4, -0.2) is 14.8 Å². The summed E-state index contributed by atoms with van der Waals surface area (Å²) in [6, 6.07) is 4.89. The van der Waals surface area contributed by atoms with Crippen molar-refractivity contribution in [1.29, 1.82) is 0 Å². The molecule has 0 aliphatic carbocycles. The average molecular weight is 336 g/mol. The highest BCUT2D eigenvalue weighted by Crippen LogP contribution is 2.36. The summed E-state index contributed by atoms with van der Waals surface area (Å²) in [5.41, 5.74) is -1.96. The molecule has 0 spiro atoms. The van der Waals surface area contributed by atoms with Crippen LogP contribution in [0.3, 0.4) is 0 Å². The molecule has 2 aromatic rings. The summed E-state index contributed by atoms with van der Waals surface area (Å²) >= 11 is 0. The van der Waals surface area contributed by atoms with E-state index in [0.717, 1.165) is 0 Å². The predicted molar refractivity (Wildman–Crippen MR) is 78.2 cm³/mol. The van der Waals surface area contributed by atoms with Crippen molar-refractivity contribution < 1.29 is 24.4 Å². The molecule has 11 nitrogen and oxygen atoms in total. The highest BCUT2D eigenvalue weighted by atomic mass is 16.6. The Morgan fingerprint density at radius 2 is 1.46 bits per heavy atom. The zero-order valence-corrected chi connectivity index (χ0v) is 12.6. The van der Waals surface area contributed by atoms with Gasteiger partial charge in [0, 0.05) is 11.6 Å². The number of aryl methyl sites for hydroxylation is 2. The summed E-state index contributed by atoms with van der Waals surface area (Å²) in [6.07, 6.45) is 4.10. The lowest BCUT2D eigenvalue weighted by Gasteiger charge is -2.06. The summed E-state index contributed by atoms with van der Waals surface area (Å²) in [6.45, 7) is 2.08. The number of aromatic nitrogens is 1. The van der Waals surface area contributed by atoms with Crippen molar-refractivity contribution in [2.45, 2.75) is 6.92 Å². The molecule has 0 saturated carbocycles. The molecule has 24 heavy (non-hydrogen) atoms. The Bertz CT molecular complexity index is 754. The normalized spacial score (nSPS) is 9.58. The van der Waals surface area contributed by atoms with Crippen LogP contribution in [0.2, 0.25) is 0 Å². The van der Waals surface area contributed by atoms with Crippen molar-refractivity contribution in [2.24, 2.45) is 7.05 Å². The molecule has 1 heterocycles. The molecule has 0 bridgehead atoms. The Morgan fingerprint density at radius 1 is 0.958 bits per heavy atom. The largest absolute Gasteiger partial charge is 0.863 e. The van der Waals surface area contributed by atoms with Crippen LogP contribution in [0, 0.1) is 37.3 Å². The molecule has 1 aromatic heterocycles. The highest BCUT2D eigenvalue weighted by molar-refractivity contribution is 5.63. The molecule has 126 valence electrons. The van der Waals surface area contributed by atoms with Gasteiger partial charge in [-0.05, 0) is 13.0 Å². The van der Waals surface area contributed by atoms with Gasteiger partial charge in [-0.1, -0.05) is 0 Å².